The Kier molecular flexibility index (Phi) is 11.2. The van der Waals surface area contributed by atoms with Crippen LogP contribution < -0.4 is 4.74 Å². The summed E-state index contributed by atoms with van der Waals surface area (Å²) in [5.41, 5.74) is 2.02. The van der Waals surface area contributed by atoms with Gasteiger partial charge in [-0.05, 0) is 42.8 Å². The minimum absolute atomic E-state index is 0.0462. The molecule has 0 spiro atoms. The summed E-state index contributed by atoms with van der Waals surface area (Å²) >= 11 is 3.59. The first kappa shape index (κ1) is 28.1. The highest BCUT2D eigenvalue weighted by Gasteiger charge is 2.40. The lowest BCUT2D eigenvalue weighted by Crippen LogP contribution is -2.45. The molecule has 0 unspecified atom stereocenters. The molecule has 0 radical (unpaired) electrons. The van der Waals surface area contributed by atoms with E-state index in [1.807, 2.05) is 31.2 Å². The van der Waals surface area contributed by atoms with Crippen LogP contribution in [0.25, 0.3) is 0 Å². The third kappa shape index (κ3) is 9.22. The maximum absolute atomic E-state index is 9.47. The van der Waals surface area contributed by atoms with E-state index >= 15 is 0 Å². The molecule has 0 heterocycles. The maximum Gasteiger partial charge on any atom is 0.192 e. The van der Waals surface area contributed by atoms with Crippen molar-refractivity contribution < 1.29 is 19.0 Å². The first-order valence-electron chi connectivity index (χ1n) is 10.9. The molecule has 0 fully saturated rings. The van der Waals surface area contributed by atoms with Crippen LogP contribution in [0.2, 0.25) is 18.1 Å². The van der Waals surface area contributed by atoms with Crippen LogP contribution in [0.5, 0.6) is 5.75 Å². The van der Waals surface area contributed by atoms with Crippen molar-refractivity contribution in [2.75, 3.05) is 13.7 Å². The quantitative estimate of drug-likeness (QED) is 0.245. The van der Waals surface area contributed by atoms with E-state index < -0.39 is 8.32 Å². The molecule has 0 saturated heterocycles. The standard InChI is InChI=1S/C25H41BrO4Si/c1-18(16-27)14-19(2)23(29-17-21-10-12-22(28-7)13-11-21)15-24(20(3)26)30-31(8,9)25(4,5)6/h10-14,19,23-24,27H,3,15-17H2,1-2,4-9H3/b18-14+/t19-,23+,24+/m1/s1. The van der Waals surface area contributed by atoms with Crippen molar-refractivity contribution in [1.29, 1.82) is 0 Å². The molecule has 0 amide bonds. The molecule has 31 heavy (non-hydrogen) atoms. The third-order valence-electron chi connectivity index (χ3n) is 6.05. The van der Waals surface area contributed by atoms with E-state index in [1.54, 1.807) is 7.11 Å². The summed E-state index contributed by atoms with van der Waals surface area (Å²) in [4.78, 5) is 0. The van der Waals surface area contributed by atoms with Gasteiger partial charge in [0.25, 0.3) is 0 Å². The van der Waals surface area contributed by atoms with Crippen LogP contribution in [0.1, 0.15) is 46.6 Å². The largest absolute Gasteiger partial charge is 0.497 e. The molecule has 0 aliphatic heterocycles. The normalized spacial score (nSPS) is 16.0. The van der Waals surface area contributed by atoms with Crippen LogP contribution in [0.15, 0.2) is 47.0 Å². The Morgan fingerprint density at radius 3 is 2.26 bits per heavy atom. The highest BCUT2D eigenvalue weighted by molar-refractivity contribution is 9.11. The smallest absolute Gasteiger partial charge is 0.192 e. The van der Waals surface area contributed by atoms with Crippen LogP contribution >= 0.6 is 15.9 Å². The fourth-order valence-corrected chi connectivity index (χ4v) is 4.71. The predicted molar refractivity (Wildman–Crippen MR) is 136 cm³/mol. The van der Waals surface area contributed by atoms with Crippen LogP contribution in [0, 0.1) is 5.92 Å². The number of hydrogen-bond acceptors (Lipinski definition) is 4. The number of ether oxygens (including phenoxy) is 2. The van der Waals surface area contributed by atoms with Gasteiger partial charge >= 0.3 is 0 Å². The Labute approximate surface area is 198 Å². The molecule has 0 aliphatic rings. The lowest BCUT2D eigenvalue weighted by molar-refractivity contribution is -0.00606. The maximum atomic E-state index is 9.47. The van der Waals surface area contributed by atoms with E-state index in [4.69, 9.17) is 13.9 Å². The van der Waals surface area contributed by atoms with Gasteiger partial charge in [-0.25, -0.2) is 0 Å². The highest BCUT2D eigenvalue weighted by atomic mass is 79.9. The topological polar surface area (TPSA) is 47.9 Å². The fourth-order valence-electron chi connectivity index (χ4n) is 2.95. The zero-order chi connectivity index (χ0) is 23.8. The molecule has 0 aliphatic carbocycles. The van der Waals surface area contributed by atoms with Gasteiger partial charge in [0.15, 0.2) is 8.32 Å². The highest BCUT2D eigenvalue weighted by Crippen LogP contribution is 2.39. The second-order valence-corrected chi connectivity index (χ2v) is 15.6. The van der Waals surface area contributed by atoms with Crippen molar-refractivity contribution >= 4 is 24.2 Å². The molecule has 0 aromatic heterocycles. The average molecular weight is 514 g/mol. The molecule has 1 N–H and O–H groups in total. The number of aliphatic hydroxyl groups is 1. The van der Waals surface area contributed by atoms with Crippen LogP contribution in [-0.2, 0) is 15.8 Å². The minimum Gasteiger partial charge on any atom is -0.497 e. The molecule has 1 rings (SSSR count). The Hall–Kier alpha value is -0.923. The fraction of sp³-hybridized carbons (Fsp3) is 0.600. The Balaban J connectivity index is 3.05. The zero-order valence-electron chi connectivity index (χ0n) is 20.5. The van der Waals surface area contributed by atoms with Crippen molar-refractivity contribution in [3.8, 4) is 5.75 Å². The summed E-state index contributed by atoms with van der Waals surface area (Å²) in [6.07, 6.45) is 2.53. The summed E-state index contributed by atoms with van der Waals surface area (Å²) in [6.45, 7) is 20.0. The van der Waals surface area contributed by atoms with Gasteiger partial charge in [-0.1, -0.05) is 74.0 Å². The van der Waals surface area contributed by atoms with E-state index in [-0.39, 0.29) is 29.8 Å². The van der Waals surface area contributed by atoms with Gasteiger partial charge in [-0.2, -0.15) is 0 Å². The number of hydrogen-bond donors (Lipinski definition) is 1. The van der Waals surface area contributed by atoms with E-state index in [2.05, 4.69) is 69.4 Å². The molecule has 0 bridgehead atoms. The molecule has 1 aromatic carbocycles. The lowest BCUT2D eigenvalue weighted by atomic mass is 9.96. The summed E-state index contributed by atoms with van der Waals surface area (Å²) in [6, 6.07) is 7.91. The SMILES string of the molecule is C=C(Br)[C@H](C[C@H](OCc1ccc(OC)cc1)[C@H](C)/C=C(\C)CO)O[Si](C)(C)C(C)(C)C. The summed E-state index contributed by atoms with van der Waals surface area (Å²) in [7, 11) is -0.323. The van der Waals surface area contributed by atoms with Gasteiger partial charge < -0.3 is 19.0 Å². The number of aliphatic hydroxyl groups excluding tert-OH is 1. The van der Waals surface area contributed by atoms with Gasteiger partial charge in [0.05, 0.1) is 32.5 Å². The van der Waals surface area contributed by atoms with E-state index in [0.717, 1.165) is 21.4 Å². The lowest BCUT2D eigenvalue weighted by Gasteiger charge is -2.40. The van der Waals surface area contributed by atoms with Crippen LogP contribution in [0.3, 0.4) is 0 Å². The average Bonchev–Trinajstić information content (AvgIpc) is 2.69. The van der Waals surface area contributed by atoms with Gasteiger partial charge in [0, 0.05) is 16.8 Å². The summed E-state index contributed by atoms with van der Waals surface area (Å²) in [5, 5.41) is 9.58. The van der Waals surface area contributed by atoms with Crippen molar-refractivity contribution in [3.05, 3.63) is 52.5 Å². The first-order valence-corrected chi connectivity index (χ1v) is 14.6. The monoisotopic (exact) mass is 512 g/mol. The second kappa shape index (κ2) is 12.4. The van der Waals surface area contributed by atoms with Gasteiger partial charge in [0.1, 0.15) is 5.75 Å². The number of methoxy groups -OCH3 is 1. The Bertz CT molecular complexity index is 722. The molecule has 4 nitrogen and oxygen atoms in total. The predicted octanol–water partition coefficient (Wildman–Crippen LogP) is 6.84. The molecular weight excluding hydrogens is 472 g/mol. The van der Waals surface area contributed by atoms with E-state index in [1.165, 1.54) is 0 Å². The molecule has 0 saturated carbocycles. The summed E-state index contributed by atoms with van der Waals surface area (Å²) in [5.74, 6) is 0.941. The first-order chi connectivity index (χ1) is 14.3. The van der Waals surface area contributed by atoms with E-state index in [9.17, 15) is 5.11 Å². The van der Waals surface area contributed by atoms with Crippen LogP contribution in [-0.4, -0.2) is 39.3 Å². The van der Waals surface area contributed by atoms with Crippen molar-refractivity contribution in [3.63, 3.8) is 0 Å². The molecular formula is C25H41BrO4Si. The van der Waals surface area contributed by atoms with E-state index in [0.29, 0.717) is 13.0 Å². The van der Waals surface area contributed by atoms with Crippen LogP contribution in [0.4, 0.5) is 0 Å². The number of rotatable bonds is 12. The third-order valence-corrected chi connectivity index (χ3v) is 11.0. The second-order valence-electron chi connectivity index (χ2n) is 9.78. The van der Waals surface area contributed by atoms with Gasteiger partial charge in [-0.15, -0.1) is 0 Å². The molecule has 6 heteroatoms. The number of halogens is 1. The zero-order valence-corrected chi connectivity index (χ0v) is 23.1. The van der Waals surface area contributed by atoms with Crippen molar-refractivity contribution in [1.82, 2.24) is 0 Å². The Morgan fingerprint density at radius 2 is 1.81 bits per heavy atom. The minimum atomic E-state index is -1.98. The molecule has 3 atom stereocenters. The number of benzene rings is 1. The molecule has 1 aromatic rings. The van der Waals surface area contributed by atoms with Gasteiger partial charge in [-0.3, -0.25) is 0 Å². The Morgan fingerprint density at radius 1 is 1.23 bits per heavy atom. The van der Waals surface area contributed by atoms with Crippen molar-refractivity contribution in [2.24, 2.45) is 5.92 Å². The van der Waals surface area contributed by atoms with Crippen molar-refractivity contribution in [2.45, 2.75) is 78.0 Å². The summed E-state index contributed by atoms with van der Waals surface area (Å²) < 4.78 is 19.2. The van der Waals surface area contributed by atoms with Gasteiger partial charge in [0.2, 0.25) is 0 Å². The molecule has 176 valence electrons.